The van der Waals surface area contributed by atoms with Crippen LogP contribution in [0.15, 0.2) is 43.2 Å². The Morgan fingerprint density at radius 1 is 1.21 bits per heavy atom. The SMILES string of the molecule is CCn1cc(Nc2cc(-c3cnn4cc(Cl)cnc34)ncc2C(=O)NCC(F)C(C)(C)O)cn1. The summed E-state index contributed by atoms with van der Waals surface area (Å²) in [4.78, 5) is 21.6. The second kappa shape index (κ2) is 9.35. The van der Waals surface area contributed by atoms with Gasteiger partial charge in [-0.3, -0.25) is 14.5 Å². The molecule has 12 heteroatoms. The van der Waals surface area contributed by atoms with Crippen LogP contribution in [0.2, 0.25) is 5.02 Å². The lowest BCUT2D eigenvalue weighted by Crippen LogP contribution is -2.42. The number of halogens is 2. The molecule has 0 radical (unpaired) electrons. The van der Waals surface area contributed by atoms with Crippen LogP contribution >= 0.6 is 11.6 Å². The molecule has 0 saturated carbocycles. The van der Waals surface area contributed by atoms with Gasteiger partial charge >= 0.3 is 0 Å². The van der Waals surface area contributed by atoms with Gasteiger partial charge in [-0.15, -0.1) is 0 Å². The van der Waals surface area contributed by atoms with Crippen LogP contribution in [-0.4, -0.2) is 58.7 Å². The molecule has 0 saturated heterocycles. The van der Waals surface area contributed by atoms with Crippen molar-refractivity contribution >= 4 is 34.5 Å². The van der Waals surface area contributed by atoms with Crippen molar-refractivity contribution in [3.05, 3.63) is 53.8 Å². The summed E-state index contributed by atoms with van der Waals surface area (Å²) in [7, 11) is 0. The normalized spacial score (nSPS) is 12.6. The number of nitrogens with zero attached hydrogens (tertiary/aromatic N) is 6. The van der Waals surface area contributed by atoms with E-state index >= 15 is 0 Å². The number of carbonyl (C=O) groups excluding carboxylic acids is 1. The summed E-state index contributed by atoms with van der Waals surface area (Å²) >= 11 is 6.00. The molecule has 0 aliphatic heterocycles. The topological polar surface area (TPSA) is 122 Å². The van der Waals surface area contributed by atoms with Crippen molar-refractivity contribution in [1.29, 1.82) is 0 Å². The number of aryl methyl sites for hydroxylation is 1. The Kier molecular flexibility index (Phi) is 6.49. The molecule has 34 heavy (non-hydrogen) atoms. The van der Waals surface area contributed by atoms with Gasteiger partial charge in [-0.2, -0.15) is 10.2 Å². The van der Waals surface area contributed by atoms with Gasteiger partial charge in [0.25, 0.3) is 5.91 Å². The summed E-state index contributed by atoms with van der Waals surface area (Å²) in [6, 6.07) is 1.69. The van der Waals surface area contributed by atoms with E-state index < -0.39 is 17.7 Å². The zero-order valence-electron chi connectivity index (χ0n) is 18.8. The van der Waals surface area contributed by atoms with Crippen molar-refractivity contribution < 1.29 is 14.3 Å². The quantitative estimate of drug-likeness (QED) is 0.349. The molecular formula is C22H24ClFN8O2. The Hall–Kier alpha value is -3.57. The summed E-state index contributed by atoms with van der Waals surface area (Å²) in [5.74, 6) is -0.541. The molecule has 1 atom stereocenters. The fourth-order valence-electron chi connectivity index (χ4n) is 3.20. The number of rotatable bonds is 8. The Morgan fingerprint density at radius 2 is 2.00 bits per heavy atom. The molecule has 4 rings (SSSR count). The molecule has 4 aromatic heterocycles. The van der Waals surface area contributed by atoms with Crippen LogP contribution in [0.5, 0.6) is 0 Å². The minimum absolute atomic E-state index is 0.198. The van der Waals surface area contributed by atoms with Crippen LogP contribution in [0, 0.1) is 0 Å². The third-order valence-corrected chi connectivity index (χ3v) is 5.39. The number of fused-ring (bicyclic) bond motifs is 1. The number of amides is 1. The lowest BCUT2D eigenvalue weighted by atomic mass is 10.0. The third kappa shape index (κ3) is 5.00. The average Bonchev–Trinajstić information content (AvgIpc) is 3.42. The predicted octanol–water partition coefficient (Wildman–Crippen LogP) is 3.24. The number of pyridine rings is 1. The molecule has 178 valence electrons. The van der Waals surface area contributed by atoms with Crippen molar-refractivity contribution in [3.8, 4) is 11.3 Å². The van der Waals surface area contributed by atoms with Gasteiger partial charge < -0.3 is 15.7 Å². The minimum Gasteiger partial charge on any atom is -0.387 e. The first-order valence-electron chi connectivity index (χ1n) is 10.6. The lowest BCUT2D eigenvalue weighted by molar-refractivity contribution is -0.00177. The number of nitrogens with one attached hydrogen (secondary N) is 2. The van der Waals surface area contributed by atoms with E-state index in [1.54, 1.807) is 35.5 Å². The van der Waals surface area contributed by atoms with E-state index in [2.05, 4.69) is 30.8 Å². The number of aliphatic hydroxyl groups is 1. The second-order valence-corrected chi connectivity index (χ2v) is 8.69. The van der Waals surface area contributed by atoms with E-state index in [4.69, 9.17) is 11.6 Å². The van der Waals surface area contributed by atoms with Crippen LogP contribution in [0.3, 0.4) is 0 Å². The zero-order chi connectivity index (χ0) is 24.5. The van der Waals surface area contributed by atoms with Crippen LogP contribution in [0.1, 0.15) is 31.1 Å². The lowest BCUT2D eigenvalue weighted by Gasteiger charge is -2.22. The molecule has 0 aliphatic carbocycles. The molecule has 0 fully saturated rings. The molecule has 10 nitrogen and oxygen atoms in total. The van der Waals surface area contributed by atoms with E-state index in [1.165, 1.54) is 30.8 Å². The van der Waals surface area contributed by atoms with Crippen LogP contribution in [-0.2, 0) is 6.54 Å². The Balaban J connectivity index is 1.69. The van der Waals surface area contributed by atoms with Crippen molar-refractivity contribution in [2.24, 2.45) is 0 Å². The van der Waals surface area contributed by atoms with Crippen molar-refractivity contribution in [1.82, 2.24) is 34.7 Å². The first-order valence-corrected chi connectivity index (χ1v) is 11.0. The largest absolute Gasteiger partial charge is 0.387 e. The summed E-state index contributed by atoms with van der Waals surface area (Å²) in [6.07, 6.45) is 7.94. The molecule has 4 aromatic rings. The van der Waals surface area contributed by atoms with Gasteiger partial charge in [0, 0.05) is 25.1 Å². The zero-order valence-corrected chi connectivity index (χ0v) is 19.6. The van der Waals surface area contributed by atoms with Crippen molar-refractivity contribution in [3.63, 3.8) is 0 Å². The highest BCUT2D eigenvalue weighted by molar-refractivity contribution is 6.30. The van der Waals surface area contributed by atoms with Gasteiger partial charge in [-0.25, -0.2) is 13.9 Å². The Bertz CT molecular complexity index is 1330. The molecule has 4 heterocycles. The number of alkyl halides is 1. The summed E-state index contributed by atoms with van der Waals surface area (Å²) < 4.78 is 17.4. The molecule has 0 spiro atoms. The highest BCUT2D eigenvalue weighted by Crippen LogP contribution is 2.28. The molecule has 0 aliphatic rings. The number of aromatic nitrogens is 6. The fraction of sp³-hybridized carbons (Fsp3) is 0.318. The smallest absolute Gasteiger partial charge is 0.255 e. The number of hydrogen-bond donors (Lipinski definition) is 3. The maximum Gasteiger partial charge on any atom is 0.255 e. The van der Waals surface area contributed by atoms with Gasteiger partial charge in [0.2, 0.25) is 0 Å². The van der Waals surface area contributed by atoms with Crippen LogP contribution in [0.4, 0.5) is 15.8 Å². The number of carbonyl (C=O) groups is 1. The van der Waals surface area contributed by atoms with E-state index in [1.807, 2.05) is 6.92 Å². The molecule has 1 unspecified atom stereocenters. The van der Waals surface area contributed by atoms with Crippen molar-refractivity contribution in [2.75, 3.05) is 11.9 Å². The minimum atomic E-state index is -1.64. The number of anilines is 2. The van der Waals surface area contributed by atoms with Gasteiger partial charge in [0.15, 0.2) is 5.65 Å². The van der Waals surface area contributed by atoms with Gasteiger partial charge in [-0.1, -0.05) is 11.6 Å². The standard InChI is InChI=1S/C22H24ClFN8O2/c1-4-31-12-14(7-28-31)30-18-5-17(15-9-29-32-11-13(23)6-26-20(15)32)25-8-16(18)21(33)27-10-19(24)22(2,3)34/h5-9,11-12,19,34H,4,10H2,1-3H3,(H,25,30)(H,27,33). The fourth-order valence-corrected chi connectivity index (χ4v) is 3.34. The maximum atomic E-state index is 14.2. The van der Waals surface area contributed by atoms with E-state index in [0.717, 1.165) is 0 Å². The number of hydrogen-bond acceptors (Lipinski definition) is 7. The molecule has 0 bridgehead atoms. The molecule has 1 amide bonds. The van der Waals surface area contributed by atoms with Gasteiger partial charge in [-0.05, 0) is 26.8 Å². The first kappa shape index (κ1) is 23.6. The van der Waals surface area contributed by atoms with Crippen LogP contribution < -0.4 is 10.6 Å². The van der Waals surface area contributed by atoms with Gasteiger partial charge in [0.1, 0.15) is 6.17 Å². The molecule has 0 aromatic carbocycles. The second-order valence-electron chi connectivity index (χ2n) is 8.25. The highest BCUT2D eigenvalue weighted by Gasteiger charge is 2.27. The van der Waals surface area contributed by atoms with Crippen LogP contribution in [0.25, 0.3) is 16.9 Å². The average molecular weight is 487 g/mol. The molecular weight excluding hydrogens is 463 g/mol. The Labute approximate surface area is 199 Å². The van der Waals surface area contributed by atoms with Crippen molar-refractivity contribution in [2.45, 2.75) is 39.1 Å². The molecule has 3 N–H and O–H groups in total. The van der Waals surface area contributed by atoms with E-state index in [-0.39, 0.29) is 12.1 Å². The third-order valence-electron chi connectivity index (χ3n) is 5.19. The summed E-state index contributed by atoms with van der Waals surface area (Å²) in [5.41, 5.74) is 1.42. The maximum absolute atomic E-state index is 14.2. The van der Waals surface area contributed by atoms with E-state index in [9.17, 15) is 14.3 Å². The monoisotopic (exact) mass is 486 g/mol. The summed E-state index contributed by atoms with van der Waals surface area (Å²) in [5, 5.41) is 24.5. The van der Waals surface area contributed by atoms with Gasteiger partial charge in [0.05, 0.1) is 64.0 Å². The predicted molar refractivity (Wildman–Crippen MR) is 126 cm³/mol. The van der Waals surface area contributed by atoms with E-state index in [0.29, 0.717) is 39.8 Å². The Morgan fingerprint density at radius 3 is 2.71 bits per heavy atom. The highest BCUT2D eigenvalue weighted by atomic mass is 35.5. The first-order chi connectivity index (χ1) is 16.2. The summed E-state index contributed by atoms with van der Waals surface area (Å²) in [6.45, 7) is 4.98.